The van der Waals surface area contributed by atoms with Gasteiger partial charge in [0.25, 0.3) is 5.91 Å². The van der Waals surface area contributed by atoms with E-state index >= 15 is 0 Å². The van der Waals surface area contributed by atoms with E-state index in [4.69, 9.17) is 33.2 Å². The molecule has 13 nitrogen and oxygen atoms in total. The topological polar surface area (TPSA) is 148 Å². The molecule has 1 saturated heterocycles. The van der Waals surface area contributed by atoms with Crippen LogP contribution in [-0.4, -0.2) is 94.4 Å². The van der Waals surface area contributed by atoms with E-state index in [-0.39, 0.29) is 53.9 Å². The standard InChI is InChI=1S/C37H43FN2O11/c1-37(2,3)51-36(44)40-18-8-11-30(28(20-40)39-34(42)26-19-25(47-6)16-17-29(26)48-21-45-4)50-35(43)24-14-12-23(13-15-24)33(41)32-27(38)9-7-10-31(32)49-22-46-5/h7,9-10,12-17,19,28,30H,8,11,18,20-22H2,1-6H3,(H,39,42)/t28-,30-/m1/s1. The van der Waals surface area contributed by atoms with Crippen LogP contribution in [0.4, 0.5) is 9.18 Å². The molecule has 1 fully saturated rings. The Morgan fingerprint density at radius 2 is 1.55 bits per heavy atom. The van der Waals surface area contributed by atoms with Gasteiger partial charge in [0.2, 0.25) is 0 Å². The molecule has 4 rings (SSSR count). The van der Waals surface area contributed by atoms with E-state index in [9.17, 15) is 23.6 Å². The molecule has 3 aromatic rings. The highest BCUT2D eigenvalue weighted by molar-refractivity contribution is 6.11. The molecule has 274 valence electrons. The summed E-state index contributed by atoms with van der Waals surface area (Å²) in [5, 5.41) is 2.92. The molecule has 1 heterocycles. The van der Waals surface area contributed by atoms with Gasteiger partial charge >= 0.3 is 12.1 Å². The third-order valence-electron chi connectivity index (χ3n) is 7.69. The van der Waals surface area contributed by atoms with Gasteiger partial charge < -0.3 is 43.4 Å². The van der Waals surface area contributed by atoms with Crippen molar-refractivity contribution in [1.29, 1.82) is 0 Å². The Hall–Kier alpha value is -5.21. The zero-order valence-corrected chi connectivity index (χ0v) is 29.5. The summed E-state index contributed by atoms with van der Waals surface area (Å²) in [6.45, 7) is 5.21. The Morgan fingerprint density at radius 1 is 0.882 bits per heavy atom. The average Bonchev–Trinajstić information content (AvgIpc) is 3.30. The molecule has 1 aliphatic rings. The number of hydrogen-bond donors (Lipinski definition) is 1. The monoisotopic (exact) mass is 710 g/mol. The number of hydrogen-bond acceptors (Lipinski definition) is 11. The minimum Gasteiger partial charge on any atom is -0.497 e. The Balaban J connectivity index is 1.58. The molecule has 2 atom stereocenters. The molecule has 14 heteroatoms. The lowest BCUT2D eigenvalue weighted by molar-refractivity contribution is 0.0125. The molecule has 3 aromatic carbocycles. The number of methoxy groups -OCH3 is 3. The van der Waals surface area contributed by atoms with Crippen LogP contribution in [0, 0.1) is 5.82 Å². The summed E-state index contributed by atoms with van der Waals surface area (Å²) in [6.07, 6.45) is -0.711. The van der Waals surface area contributed by atoms with Crippen LogP contribution in [0.2, 0.25) is 0 Å². The highest BCUT2D eigenvalue weighted by Gasteiger charge is 2.35. The van der Waals surface area contributed by atoms with Crippen LogP contribution in [-0.2, 0) is 18.9 Å². The Labute approximate surface area is 295 Å². The van der Waals surface area contributed by atoms with E-state index in [0.29, 0.717) is 25.1 Å². The molecule has 51 heavy (non-hydrogen) atoms. The van der Waals surface area contributed by atoms with E-state index in [1.54, 1.807) is 32.9 Å². The maximum Gasteiger partial charge on any atom is 0.410 e. The number of carbonyl (C=O) groups is 4. The fourth-order valence-corrected chi connectivity index (χ4v) is 5.29. The molecule has 0 aliphatic carbocycles. The van der Waals surface area contributed by atoms with Crippen molar-refractivity contribution in [3.63, 3.8) is 0 Å². The molecule has 0 spiro atoms. The largest absolute Gasteiger partial charge is 0.497 e. The first kappa shape index (κ1) is 38.6. The van der Waals surface area contributed by atoms with Crippen molar-refractivity contribution in [2.24, 2.45) is 0 Å². The molecule has 0 radical (unpaired) electrons. The number of carbonyl (C=O) groups excluding carboxylic acids is 4. The fraction of sp³-hybridized carbons (Fsp3) is 0.405. The second kappa shape index (κ2) is 17.6. The summed E-state index contributed by atoms with van der Waals surface area (Å²) in [7, 11) is 4.31. The van der Waals surface area contributed by atoms with Crippen molar-refractivity contribution in [3.8, 4) is 17.2 Å². The maximum atomic E-state index is 14.7. The molecular weight excluding hydrogens is 667 g/mol. The Bertz CT molecular complexity index is 1690. The van der Waals surface area contributed by atoms with Gasteiger partial charge in [-0.05, 0) is 76.1 Å². The highest BCUT2D eigenvalue weighted by Crippen LogP contribution is 2.27. The lowest BCUT2D eigenvalue weighted by atomic mass is 10.0. The summed E-state index contributed by atoms with van der Waals surface area (Å²) < 4.78 is 52.5. The first-order chi connectivity index (χ1) is 24.3. The summed E-state index contributed by atoms with van der Waals surface area (Å²) in [6, 6.07) is 13.4. The van der Waals surface area contributed by atoms with Crippen LogP contribution >= 0.6 is 0 Å². The van der Waals surface area contributed by atoms with Crippen molar-refractivity contribution in [1.82, 2.24) is 10.2 Å². The van der Waals surface area contributed by atoms with E-state index in [0.717, 1.165) is 6.07 Å². The number of ether oxygens (including phenoxy) is 7. The van der Waals surface area contributed by atoms with Gasteiger partial charge in [-0.2, -0.15) is 0 Å². The summed E-state index contributed by atoms with van der Waals surface area (Å²) in [5.74, 6) is -2.09. The van der Waals surface area contributed by atoms with Gasteiger partial charge in [-0.15, -0.1) is 0 Å². The number of likely N-dealkylation sites (tertiary alicyclic amines) is 1. The van der Waals surface area contributed by atoms with Crippen LogP contribution in [0.3, 0.4) is 0 Å². The van der Waals surface area contributed by atoms with Gasteiger partial charge in [-0.25, -0.2) is 14.0 Å². The van der Waals surface area contributed by atoms with Crippen molar-refractivity contribution in [2.45, 2.75) is 51.4 Å². The van der Waals surface area contributed by atoms with Crippen LogP contribution in [0.25, 0.3) is 0 Å². The van der Waals surface area contributed by atoms with Gasteiger partial charge in [0.15, 0.2) is 19.4 Å². The molecule has 1 aliphatic heterocycles. The second-order valence-electron chi connectivity index (χ2n) is 12.6. The smallest absolute Gasteiger partial charge is 0.410 e. The number of halogens is 1. The number of esters is 1. The van der Waals surface area contributed by atoms with Crippen molar-refractivity contribution < 1.29 is 56.7 Å². The van der Waals surface area contributed by atoms with Gasteiger partial charge in [0.1, 0.15) is 40.3 Å². The van der Waals surface area contributed by atoms with E-state index in [1.165, 1.54) is 68.7 Å². The first-order valence-electron chi connectivity index (χ1n) is 16.2. The van der Waals surface area contributed by atoms with Crippen molar-refractivity contribution in [2.75, 3.05) is 48.0 Å². The van der Waals surface area contributed by atoms with Gasteiger partial charge in [0.05, 0.1) is 24.3 Å². The summed E-state index contributed by atoms with van der Waals surface area (Å²) in [4.78, 5) is 55.1. The molecule has 1 N–H and O–H groups in total. The quantitative estimate of drug-likeness (QED) is 0.138. The Kier molecular flexibility index (Phi) is 13.3. The van der Waals surface area contributed by atoms with Crippen LogP contribution in [0.1, 0.15) is 70.3 Å². The fourth-order valence-electron chi connectivity index (χ4n) is 5.29. The highest BCUT2D eigenvalue weighted by atomic mass is 19.1. The average molecular weight is 711 g/mol. The summed E-state index contributed by atoms with van der Waals surface area (Å²) >= 11 is 0. The van der Waals surface area contributed by atoms with Crippen molar-refractivity contribution >= 4 is 23.8 Å². The molecule has 0 bridgehead atoms. The molecule has 0 unspecified atom stereocenters. The predicted octanol–water partition coefficient (Wildman–Crippen LogP) is 5.39. The van der Waals surface area contributed by atoms with Gasteiger partial charge in [-0.3, -0.25) is 9.59 Å². The first-order valence-corrected chi connectivity index (χ1v) is 16.2. The third kappa shape index (κ3) is 10.4. The van der Waals surface area contributed by atoms with Crippen LogP contribution < -0.4 is 19.5 Å². The maximum absolute atomic E-state index is 14.7. The number of benzene rings is 3. The lowest BCUT2D eigenvalue weighted by Gasteiger charge is -2.31. The molecule has 0 aromatic heterocycles. The number of amides is 2. The SMILES string of the molecule is COCOc1ccc(OC)cc1C(=O)N[C@@H]1CN(C(=O)OC(C)(C)C)CCC[C@H]1OC(=O)c1ccc(C(=O)c2c(F)cccc2OCOC)cc1. The number of nitrogens with zero attached hydrogens (tertiary/aromatic N) is 1. The Morgan fingerprint density at radius 3 is 2.20 bits per heavy atom. The van der Waals surface area contributed by atoms with Gasteiger partial charge in [0, 0.05) is 32.9 Å². The zero-order valence-electron chi connectivity index (χ0n) is 29.5. The van der Waals surface area contributed by atoms with E-state index in [1.807, 2.05) is 0 Å². The van der Waals surface area contributed by atoms with Crippen LogP contribution in [0.15, 0.2) is 60.7 Å². The van der Waals surface area contributed by atoms with E-state index in [2.05, 4.69) is 5.32 Å². The number of rotatable bonds is 13. The minimum absolute atomic E-state index is 0.0125. The van der Waals surface area contributed by atoms with Crippen molar-refractivity contribution in [3.05, 3.63) is 88.7 Å². The number of nitrogens with one attached hydrogen (secondary N) is 1. The third-order valence-corrected chi connectivity index (χ3v) is 7.69. The summed E-state index contributed by atoms with van der Waals surface area (Å²) in [5.41, 5.74) is -0.687. The predicted molar refractivity (Wildman–Crippen MR) is 182 cm³/mol. The zero-order chi connectivity index (χ0) is 37.1. The number of ketones is 1. The second-order valence-corrected chi connectivity index (χ2v) is 12.6. The lowest BCUT2D eigenvalue weighted by Crippen LogP contribution is -2.51. The van der Waals surface area contributed by atoms with E-state index < -0.39 is 47.3 Å². The van der Waals surface area contributed by atoms with Crippen LogP contribution in [0.5, 0.6) is 17.2 Å². The normalized spacial score (nSPS) is 16.0. The molecular formula is C37H43FN2O11. The van der Waals surface area contributed by atoms with Gasteiger partial charge in [-0.1, -0.05) is 18.2 Å². The molecule has 2 amide bonds. The minimum atomic E-state index is -0.872. The molecule has 0 saturated carbocycles.